The highest BCUT2D eigenvalue weighted by atomic mass is 35.5. The lowest BCUT2D eigenvalue weighted by molar-refractivity contribution is -0.122. The zero-order chi connectivity index (χ0) is 22.7. The minimum absolute atomic E-state index is 0.0867. The van der Waals surface area contributed by atoms with Crippen LogP contribution in [0.4, 0.5) is 5.69 Å². The predicted molar refractivity (Wildman–Crippen MR) is 131 cm³/mol. The molecule has 4 atom stereocenters. The van der Waals surface area contributed by atoms with Crippen molar-refractivity contribution < 1.29 is 9.59 Å². The van der Waals surface area contributed by atoms with Gasteiger partial charge in [0, 0.05) is 16.9 Å². The molecule has 2 aliphatic carbocycles. The molecule has 1 aliphatic heterocycles. The average molecular weight is 452 g/mol. The van der Waals surface area contributed by atoms with Crippen LogP contribution in [0.1, 0.15) is 16.7 Å². The first-order valence-electron chi connectivity index (χ1n) is 11.2. The Morgan fingerprint density at radius 2 is 1.27 bits per heavy atom. The Kier molecular flexibility index (Phi) is 4.63. The van der Waals surface area contributed by atoms with E-state index in [4.69, 9.17) is 11.6 Å². The van der Waals surface area contributed by atoms with Gasteiger partial charge in [-0.1, -0.05) is 90.5 Å². The van der Waals surface area contributed by atoms with Gasteiger partial charge in [0.15, 0.2) is 0 Å². The van der Waals surface area contributed by atoms with Gasteiger partial charge >= 0.3 is 0 Å². The van der Waals surface area contributed by atoms with E-state index in [1.807, 2.05) is 49.4 Å². The van der Waals surface area contributed by atoms with Gasteiger partial charge in [-0.2, -0.15) is 0 Å². The van der Waals surface area contributed by atoms with Crippen molar-refractivity contribution in [2.75, 3.05) is 4.90 Å². The number of allylic oxidation sites excluding steroid dienone is 3. The highest BCUT2D eigenvalue weighted by Gasteiger charge is 2.62. The molecule has 6 rings (SSSR count). The summed E-state index contributed by atoms with van der Waals surface area (Å²) in [6.45, 7) is 1.90. The summed E-state index contributed by atoms with van der Waals surface area (Å²) in [7, 11) is 0. The first-order valence-corrected chi connectivity index (χ1v) is 11.6. The minimum Gasteiger partial charge on any atom is -0.274 e. The number of amides is 2. The van der Waals surface area contributed by atoms with Crippen molar-refractivity contribution in [1.29, 1.82) is 0 Å². The van der Waals surface area contributed by atoms with Crippen LogP contribution >= 0.6 is 11.6 Å². The second-order valence-electron chi connectivity index (χ2n) is 8.99. The normalized spacial score (nSPS) is 25.2. The number of carbonyl (C=O) groups excluding carboxylic acids is 2. The van der Waals surface area contributed by atoms with Crippen LogP contribution in [0.2, 0.25) is 5.02 Å². The van der Waals surface area contributed by atoms with Gasteiger partial charge in [-0.05, 0) is 46.9 Å². The number of imide groups is 1. The molecule has 1 heterocycles. The number of hydrogen-bond acceptors (Lipinski definition) is 2. The van der Waals surface area contributed by atoms with Crippen molar-refractivity contribution in [3.63, 3.8) is 0 Å². The highest BCUT2D eigenvalue weighted by Crippen LogP contribution is 2.59. The quantitative estimate of drug-likeness (QED) is 0.358. The van der Waals surface area contributed by atoms with Crippen LogP contribution in [0.25, 0.3) is 5.57 Å². The van der Waals surface area contributed by atoms with E-state index in [1.54, 1.807) is 12.1 Å². The third-order valence-electron chi connectivity index (χ3n) is 7.24. The van der Waals surface area contributed by atoms with Crippen LogP contribution in [0.3, 0.4) is 0 Å². The Morgan fingerprint density at radius 3 is 1.79 bits per heavy atom. The SMILES string of the molecule is Cc1ccc(Cl)cc1N1C(=O)C2C3C=CC(C3=C(c3ccccc3)c3ccccc3)C2C1=O. The minimum atomic E-state index is -0.372. The molecule has 3 aromatic rings. The number of fused-ring (bicyclic) bond motifs is 5. The molecule has 33 heavy (non-hydrogen) atoms. The molecule has 2 amide bonds. The zero-order valence-electron chi connectivity index (χ0n) is 18.1. The number of hydrogen-bond donors (Lipinski definition) is 0. The maximum atomic E-state index is 13.7. The van der Waals surface area contributed by atoms with Gasteiger partial charge in [0.1, 0.15) is 0 Å². The molecular weight excluding hydrogens is 430 g/mol. The largest absolute Gasteiger partial charge is 0.274 e. The van der Waals surface area contributed by atoms with Gasteiger partial charge in [0.05, 0.1) is 17.5 Å². The summed E-state index contributed by atoms with van der Waals surface area (Å²) in [5.74, 6) is -1.16. The summed E-state index contributed by atoms with van der Waals surface area (Å²) < 4.78 is 0. The van der Waals surface area contributed by atoms with E-state index >= 15 is 0 Å². The Balaban J connectivity index is 1.50. The Labute approximate surface area is 198 Å². The van der Waals surface area contributed by atoms with Crippen LogP contribution in [-0.4, -0.2) is 11.8 Å². The fourth-order valence-corrected chi connectivity index (χ4v) is 6.03. The topological polar surface area (TPSA) is 37.4 Å². The molecule has 2 bridgehead atoms. The maximum absolute atomic E-state index is 13.7. The molecule has 0 aromatic heterocycles. The van der Waals surface area contributed by atoms with Gasteiger partial charge in [0.25, 0.3) is 0 Å². The van der Waals surface area contributed by atoms with E-state index in [-0.39, 0.29) is 35.5 Å². The van der Waals surface area contributed by atoms with Crippen molar-refractivity contribution in [3.05, 3.63) is 118 Å². The van der Waals surface area contributed by atoms with Crippen molar-refractivity contribution in [2.24, 2.45) is 23.7 Å². The van der Waals surface area contributed by atoms with Crippen molar-refractivity contribution in [1.82, 2.24) is 0 Å². The van der Waals surface area contributed by atoms with Crippen molar-refractivity contribution >= 4 is 34.7 Å². The standard InChI is InChI=1S/C29H22ClNO2/c1-17-12-13-20(30)16-23(17)31-28(32)26-21-14-15-22(27(26)29(31)33)25(21)24(18-8-4-2-5-9-18)19-10-6-3-7-11-19/h2-16,21-22,26-27H,1H3. The smallest absolute Gasteiger partial charge is 0.238 e. The second kappa shape index (κ2) is 7.57. The highest BCUT2D eigenvalue weighted by molar-refractivity contribution is 6.31. The molecule has 3 aromatic carbocycles. The van der Waals surface area contributed by atoms with Crippen molar-refractivity contribution in [3.8, 4) is 0 Å². The summed E-state index contributed by atoms with van der Waals surface area (Å²) in [6.07, 6.45) is 4.26. The molecule has 2 fully saturated rings. The Hall–Kier alpha value is -3.43. The van der Waals surface area contributed by atoms with E-state index < -0.39 is 0 Å². The van der Waals surface area contributed by atoms with Gasteiger partial charge in [0.2, 0.25) is 11.8 Å². The zero-order valence-corrected chi connectivity index (χ0v) is 18.9. The molecule has 162 valence electrons. The molecule has 0 radical (unpaired) electrons. The summed E-state index contributed by atoms with van der Waals surface area (Å²) in [5, 5.41) is 0.519. The lowest BCUT2D eigenvalue weighted by Crippen LogP contribution is -2.33. The molecule has 3 nitrogen and oxygen atoms in total. The number of rotatable bonds is 3. The van der Waals surface area contributed by atoms with E-state index in [0.717, 1.165) is 22.3 Å². The molecule has 0 spiro atoms. The first kappa shape index (κ1) is 20.2. The summed E-state index contributed by atoms with van der Waals surface area (Å²) in [6, 6.07) is 25.9. The van der Waals surface area contributed by atoms with Crippen LogP contribution in [0.5, 0.6) is 0 Å². The number of benzene rings is 3. The van der Waals surface area contributed by atoms with E-state index in [2.05, 4.69) is 36.4 Å². The summed E-state index contributed by atoms with van der Waals surface area (Å²) in [5.41, 5.74) is 6.01. The predicted octanol–water partition coefficient (Wildman–Crippen LogP) is 6.07. The number of nitrogens with zero attached hydrogens (tertiary/aromatic N) is 1. The van der Waals surface area contributed by atoms with Gasteiger partial charge in [-0.3, -0.25) is 9.59 Å². The van der Waals surface area contributed by atoms with Gasteiger partial charge in [-0.15, -0.1) is 0 Å². The molecule has 1 saturated heterocycles. The number of anilines is 1. The summed E-state index contributed by atoms with van der Waals surface area (Å²) >= 11 is 6.21. The van der Waals surface area contributed by atoms with Crippen LogP contribution in [0, 0.1) is 30.6 Å². The van der Waals surface area contributed by atoms with Crippen LogP contribution in [0.15, 0.2) is 96.6 Å². The number of carbonyl (C=O) groups is 2. The molecule has 1 saturated carbocycles. The monoisotopic (exact) mass is 451 g/mol. The van der Waals surface area contributed by atoms with Crippen molar-refractivity contribution in [2.45, 2.75) is 6.92 Å². The molecule has 4 heteroatoms. The third kappa shape index (κ3) is 2.96. The first-order chi connectivity index (χ1) is 16.1. The van der Waals surface area contributed by atoms with E-state index in [1.165, 1.54) is 10.5 Å². The molecular formula is C29H22ClNO2. The molecule has 0 N–H and O–H groups in total. The fraction of sp³-hybridized carbons (Fsp3) is 0.172. The Morgan fingerprint density at radius 1 is 0.758 bits per heavy atom. The lowest BCUT2D eigenvalue weighted by atomic mass is 9.85. The molecule has 3 aliphatic rings. The average Bonchev–Trinajstić information content (AvgIpc) is 3.47. The van der Waals surface area contributed by atoms with Crippen LogP contribution < -0.4 is 4.90 Å². The lowest BCUT2D eigenvalue weighted by Gasteiger charge is -2.22. The maximum Gasteiger partial charge on any atom is 0.238 e. The molecule has 4 unspecified atom stereocenters. The van der Waals surface area contributed by atoms with E-state index in [9.17, 15) is 9.59 Å². The van der Waals surface area contributed by atoms with Gasteiger partial charge in [-0.25, -0.2) is 4.90 Å². The Bertz CT molecular complexity index is 1270. The van der Waals surface area contributed by atoms with Gasteiger partial charge < -0.3 is 0 Å². The fourth-order valence-electron chi connectivity index (χ4n) is 5.87. The number of aryl methyl sites for hydroxylation is 1. The third-order valence-corrected chi connectivity index (χ3v) is 7.48. The number of halogens is 1. The summed E-state index contributed by atoms with van der Waals surface area (Å²) in [4.78, 5) is 28.8. The van der Waals surface area contributed by atoms with E-state index in [0.29, 0.717) is 10.7 Å². The second-order valence-corrected chi connectivity index (χ2v) is 9.43. The van der Waals surface area contributed by atoms with Crippen LogP contribution in [-0.2, 0) is 9.59 Å².